The number of aromatic nitrogens is 2. The molecule has 0 saturated heterocycles. The number of hydrogen-bond donors (Lipinski definition) is 0. The quantitative estimate of drug-likeness (QED) is 0.803. The maximum atomic E-state index is 4.68. The van der Waals surface area contributed by atoms with Gasteiger partial charge in [0, 0.05) is 24.4 Å². The molecule has 18 heavy (non-hydrogen) atoms. The number of rotatable bonds is 3. The predicted octanol–water partition coefficient (Wildman–Crippen LogP) is 4.47. The summed E-state index contributed by atoms with van der Waals surface area (Å²) < 4.78 is 2.09. The van der Waals surface area contributed by atoms with Gasteiger partial charge in [0.05, 0.1) is 5.69 Å². The Kier molecular flexibility index (Phi) is 4.71. The van der Waals surface area contributed by atoms with E-state index in [4.69, 9.17) is 0 Å². The first-order valence-corrected chi connectivity index (χ1v) is 7.46. The summed E-state index contributed by atoms with van der Waals surface area (Å²) in [5, 5.41) is 2.15. The lowest BCUT2D eigenvalue weighted by Gasteiger charge is -2.15. The van der Waals surface area contributed by atoms with Gasteiger partial charge in [-0.05, 0) is 16.9 Å². The highest BCUT2D eigenvalue weighted by atomic mass is 32.2. The van der Waals surface area contributed by atoms with Crippen molar-refractivity contribution < 1.29 is 0 Å². The molecule has 2 nitrogen and oxygen atoms in total. The second-order valence-corrected chi connectivity index (χ2v) is 7.91. The first kappa shape index (κ1) is 15.4. The van der Waals surface area contributed by atoms with Crippen LogP contribution in [0, 0.1) is 5.41 Å². The monoisotopic (exact) mass is 266 g/mol. The van der Waals surface area contributed by atoms with Gasteiger partial charge in [-0.25, -0.2) is 4.98 Å². The molecule has 0 spiro atoms. The maximum absolute atomic E-state index is 4.68. The Labute approximate surface area is 116 Å². The smallest absolute Gasteiger partial charge is 0.133 e. The van der Waals surface area contributed by atoms with Crippen LogP contribution in [0.5, 0.6) is 0 Å². The zero-order chi connectivity index (χ0) is 14.0. The zero-order valence-corrected chi connectivity index (χ0v) is 13.6. The van der Waals surface area contributed by atoms with Crippen molar-refractivity contribution in [1.29, 1.82) is 0 Å². The minimum Gasteiger partial charge on any atom is -0.334 e. The molecule has 0 aliphatic carbocycles. The molecule has 0 unspecified atom stereocenters. The van der Waals surface area contributed by atoms with Crippen LogP contribution in [0.25, 0.3) is 6.08 Å². The van der Waals surface area contributed by atoms with Crippen molar-refractivity contribution in [3.05, 3.63) is 23.1 Å². The first-order chi connectivity index (χ1) is 8.09. The third-order valence-electron chi connectivity index (χ3n) is 2.51. The molecule has 0 bridgehead atoms. The number of imidazole rings is 1. The summed E-state index contributed by atoms with van der Waals surface area (Å²) in [5.74, 6) is 2.15. The second kappa shape index (κ2) is 5.52. The van der Waals surface area contributed by atoms with E-state index in [0.29, 0.717) is 5.41 Å². The minimum atomic E-state index is 0.113. The largest absolute Gasteiger partial charge is 0.334 e. The topological polar surface area (TPSA) is 17.8 Å². The van der Waals surface area contributed by atoms with E-state index in [1.165, 1.54) is 0 Å². The number of aryl methyl sites for hydroxylation is 1. The van der Waals surface area contributed by atoms with Gasteiger partial charge >= 0.3 is 0 Å². The third-order valence-corrected chi connectivity index (χ3v) is 3.87. The summed E-state index contributed by atoms with van der Waals surface area (Å²) in [5.41, 5.74) is 1.63. The number of thioether (sulfide) groups is 1. The Balaban J connectivity index is 2.68. The van der Waals surface area contributed by atoms with Crippen LogP contribution in [0.2, 0.25) is 0 Å². The second-order valence-electron chi connectivity index (χ2n) is 7.02. The van der Waals surface area contributed by atoms with Crippen LogP contribution in [-0.2, 0) is 12.5 Å². The summed E-state index contributed by atoms with van der Waals surface area (Å²) in [6, 6.07) is 0. The first-order valence-electron chi connectivity index (χ1n) is 6.41. The van der Waals surface area contributed by atoms with Gasteiger partial charge in [-0.2, -0.15) is 0 Å². The molecular formula is C15H26N2S. The lowest BCUT2D eigenvalue weighted by molar-refractivity contribution is 0.481. The van der Waals surface area contributed by atoms with Gasteiger partial charge in [0.25, 0.3) is 0 Å². The molecule has 1 rings (SSSR count). The molecule has 0 aromatic carbocycles. The van der Waals surface area contributed by atoms with Gasteiger partial charge < -0.3 is 4.57 Å². The van der Waals surface area contributed by atoms with Gasteiger partial charge in [0.1, 0.15) is 5.82 Å². The van der Waals surface area contributed by atoms with Crippen molar-refractivity contribution >= 4 is 17.8 Å². The molecule has 1 heterocycles. The van der Waals surface area contributed by atoms with Crippen molar-refractivity contribution in [2.75, 3.05) is 5.75 Å². The summed E-state index contributed by atoms with van der Waals surface area (Å²) in [7, 11) is 2.05. The molecule has 0 fully saturated rings. The number of hydrogen-bond acceptors (Lipinski definition) is 2. The van der Waals surface area contributed by atoms with Crippen LogP contribution in [0.4, 0.5) is 0 Å². The van der Waals surface area contributed by atoms with Gasteiger partial charge in [0.2, 0.25) is 0 Å². The van der Waals surface area contributed by atoms with Crippen LogP contribution in [0.1, 0.15) is 53.1 Å². The Morgan fingerprint density at radius 3 is 2.28 bits per heavy atom. The van der Waals surface area contributed by atoms with Gasteiger partial charge in [-0.1, -0.05) is 41.5 Å². The highest BCUT2D eigenvalue weighted by molar-refractivity contribution is 8.02. The average Bonchev–Trinajstić information content (AvgIpc) is 2.53. The summed E-state index contributed by atoms with van der Waals surface area (Å²) in [4.78, 5) is 4.68. The molecule has 0 saturated carbocycles. The summed E-state index contributed by atoms with van der Waals surface area (Å²) in [6.45, 7) is 13.3. The van der Waals surface area contributed by atoms with E-state index < -0.39 is 0 Å². The fourth-order valence-corrected chi connectivity index (χ4v) is 2.22. The van der Waals surface area contributed by atoms with Crippen LogP contribution < -0.4 is 0 Å². The molecule has 1 aromatic heterocycles. The molecule has 0 aliphatic rings. The maximum Gasteiger partial charge on any atom is 0.133 e. The fourth-order valence-electron chi connectivity index (χ4n) is 1.40. The normalized spacial score (nSPS) is 13.5. The zero-order valence-electron chi connectivity index (χ0n) is 12.7. The van der Waals surface area contributed by atoms with Gasteiger partial charge in [-0.3, -0.25) is 0 Å². The Morgan fingerprint density at radius 1 is 1.22 bits per heavy atom. The van der Waals surface area contributed by atoms with Crippen LogP contribution in [-0.4, -0.2) is 15.3 Å². The molecule has 3 heteroatoms. The average molecular weight is 266 g/mol. The molecule has 0 N–H and O–H groups in total. The lowest BCUT2D eigenvalue weighted by Crippen LogP contribution is -2.11. The lowest BCUT2D eigenvalue weighted by atomic mass is 9.93. The highest BCUT2D eigenvalue weighted by Gasteiger charge is 2.17. The summed E-state index contributed by atoms with van der Waals surface area (Å²) in [6.07, 6.45) is 4.22. The van der Waals surface area contributed by atoms with Crippen molar-refractivity contribution in [2.45, 2.75) is 47.0 Å². The van der Waals surface area contributed by atoms with E-state index in [1.807, 2.05) is 11.8 Å². The fraction of sp³-hybridized carbons (Fsp3) is 0.667. The highest BCUT2D eigenvalue weighted by Crippen LogP contribution is 2.23. The van der Waals surface area contributed by atoms with Crippen molar-refractivity contribution in [3.8, 4) is 0 Å². The van der Waals surface area contributed by atoms with Crippen molar-refractivity contribution in [3.63, 3.8) is 0 Å². The molecule has 0 radical (unpaired) electrons. The van der Waals surface area contributed by atoms with E-state index in [-0.39, 0.29) is 5.41 Å². The van der Waals surface area contributed by atoms with Crippen molar-refractivity contribution in [2.24, 2.45) is 12.5 Å². The molecule has 1 aromatic rings. The van der Waals surface area contributed by atoms with Crippen LogP contribution >= 0.6 is 11.8 Å². The molecule has 0 atom stereocenters. The van der Waals surface area contributed by atoms with E-state index in [1.54, 1.807) is 0 Å². The Morgan fingerprint density at radius 2 is 1.83 bits per heavy atom. The van der Waals surface area contributed by atoms with E-state index in [2.05, 4.69) is 75.8 Å². The van der Waals surface area contributed by atoms with E-state index >= 15 is 0 Å². The van der Waals surface area contributed by atoms with Crippen LogP contribution in [0.3, 0.4) is 0 Å². The van der Waals surface area contributed by atoms with Gasteiger partial charge in [-0.15, -0.1) is 11.8 Å². The summed E-state index contributed by atoms with van der Waals surface area (Å²) >= 11 is 1.85. The molecule has 102 valence electrons. The Hall–Kier alpha value is -0.700. The predicted molar refractivity (Wildman–Crippen MR) is 82.9 cm³/mol. The van der Waals surface area contributed by atoms with Crippen LogP contribution in [0.15, 0.2) is 11.6 Å². The Bertz CT molecular complexity index is 417. The standard InChI is InChI=1S/C15H26N2S/c1-14(2,3)11-18-9-8-13-16-12(10-17(13)7)15(4,5)6/h8-10H,11H2,1-7H3/b9-8+. The number of nitrogens with zero attached hydrogens (tertiary/aromatic N) is 2. The van der Waals surface area contributed by atoms with E-state index in [0.717, 1.165) is 17.3 Å². The van der Waals surface area contributed by atoms with Crippen molar-refractivity contribution in [1.82, 2.24) is 9.55 Å². The third kappa shape index (κ3) is 4.89. The molecule has 0 amide bonds. The SMILES string of the molecule is Cn1cc(C(C)(C)C)nc1/C=C/SCC(C)(C)C. The molecular weight excluding hydrogens is 240 g/mol. The molecule has 0 aliphatic heterocycles. The van der Waals surface area contributed by atoms with Gasteiger partial charge in [0.15, 0.2) is 0 Å². The minimum absolute atomic E-state index is 0.113. The van der Waals surface area contributed by atoms with E-state index in [9.17, 15) is 0 Å².